The molecule has 1 aliphatic carbocycles. The third-order valence-electron chi connectivity index (χ3n) is 5.55. The summed E-state index contributed by atoms with van der Waals surface area (Å²) in [6.07, 6.45) is 6.42. The lowest BCUT2D eigenvalue weighted by Gasteiger charge is -2.35. The van der Waals surface area contributed by atoms with E-state index in [-0.39, 0.29) is 18.6 Å². The van der Waals surface area contributed by atoms with Crippen LogP contribution in [0, 0.1) is 5.92 Å². The topological polar surface area (TPSA) is 65.6 Å². The third-order valence-corrected chi connectivity index (χ3v) is 5.55. The van der Waals surface area contributed by atoms with Crippen molar-refractivity contribution in [2.75, 3.05) is 19.7 Å². The van der Waals surface area contributed by atoms with E-state index < -0.39 is 0 Å². The van der Waals surface area contributed by atoms with E-state index in [2.05, 4.69) is 21.1 Å². The predicted molar refractivity (Wildman–Crippen MR) is 95.9 cm³/mol. The van der Waals surface area contributed by atoms with Gasteiger partial charge in [0, 0.05) is 25.2 Å². The first-order valence-electron chi connectivity index (χ1n) is 9.50. The molecule has 1 aromatic carbocycles. The van der Waals surface area contributed by atoms with E-state index in [1.54, 1.807) is 0 Å². The highest BCUT2D eigenvalue weighted by atomic mass is 16.5. The van der Waals surface area contributed by atoms with Gasteiger partial charge in [-0.3, -0.25) is 15.1 Å². The van der Waals surface area contributed by atoms with Crippen LogP contribution in [0.4, 0.5) is 0 Å². The van der Waals surface area contributed by atoms with E-state index in [4.69, 9.17) is 4.74 Å². The van der Waals surface area contributed by atoms with Crippen molar-refractivity contribution in [3.05, 3.63) is 30.3 Å². The Kier molecular flexibility index (Phi) is 5.20. The van der Waals surface area contributed by atoms with Gasteiger partial charge in [-0.15, -0.1) is 0 Å². The van der Waals surface area contributed by atoms with Gasteiger partial charge in [-0.1, -0.05) is 18.2 Å². The Labute approximate surface area is 149 Å². The molecule has 6 heteroatoms. The minimum absolute atomic E-state index is 0.0308. The quantitative estimate of drug-likeness (QED) is 0.725. The number of likely N-dealkylation sites (tertiary alicyclic amines) is 1. The highest BCUT2D eigenvalue weighted by molar-refractivity contribution is 5.77. The molecule has 4 rings (SSSR count). The maximum Gasteiger partial charge on any atom is 0.258 e. The highest BCUT2D eigenvalue weighted by Crippen LogP contribution is 2.36. The number of rotatable bonds is 6. The number of piperidine rings is 1. The zero-order valence-electron chi connectivity index (χ0n) is 14.6. The predicted octanol–water partition coefficient (Wildman–Crippen LogP) is 1.25. The Morgan fingerprint density at radius 3 is 2.60 bits per heavy atom. The van der Waals surface area contributed by atoms with Crippen molar-refractivity contribution in [1.29, 1.82) is 0 Å². The standard InChI is InChI=1S/C19H28N4O2/c24-19(13-25-16-4-2-1-3-5-16)20-15-8-10-23(11-9-15)18-12-17(21-22-18)14-6-7-14/h1-5,14-15,17-18,21-22H,6-13H2,(H,20,24). The van der Waals surface area contributed by atoms with Crippen LogP contribution in [0.3, 0.4) is 0 Å². The third kappa shape index (κ3) is 4.51. The van der Waals surface area contributed by atoms with Gasteiger partial charge in [0.1, 0.15) is 5.75 Å². The zero-order valence-corrected chi connectivity index (χ0v) is 14.6. The van der Waals surface area contributed by atoms with Crippen LogP contribution in [0.1, 0.15) is 32.1 Å². The van der Waals surface area contributed by atoms with Crippen molar-refractivity contribution < 1.29 is 9.53 Å². The Bertz CT molecular complexity index is 570. The van der Waals surface area contributed by atoms with Crippen molar-refractivity contribution in [3.8, 4) is 5.75 Å². The molecule has 136 valence electrons. The lowest BCUT2D eigenvalue weighted by molar-refractivity contribution is -0.124. The number of hydrogen-bond donors (Lipinski definition) is 3. The molecule has 1 aromatic rings. The molecular formula is C19H28N4O2. The molecule has 0 radical (unpaired) electrons. The first-order chi connectivity index (χ1) is 12.3. The van der Waals surface area contributed by atoms with Gasteiger partial charge >= 0.3 is 0 Å². The Hall–Kier alpha value is -1.63. The first-order valence-corrected chi connectivity index (χ1v) is 9.50. The van der Waals surface area contributed by atoms with Crippen molar-refractivity contribution in [1.82, 2.24) is 21.1 Å². The SMILES string of the molecule is O=C(COc1ccccc1)NC1CCN(C2CC(C3CC3)NN2)CC1. The second-order valence-electron chi connectivity index (χ2n) is 7.46. The molecule has 2 atom stereocenters. The molecule has 3 fully saturated rings. The lowest BCUT2D eigenvalue weighted by atomic mass is 10.0. The molecule has 2 saturated heterocycles. The summed E-state index contributed by atoms with van der Waals surface area (Å²) >= 11 is 0. The van der Waals surface area contributed by atoms with Gasteiger partial charge < -0.3 is 10.1 Å². The number of nitrogens with one attached hydrogen (secondary N) is 3. The smallest absolute Gasteiger partial charge is 0.258 e. The van der Waals surface area contributed by atoms with E-state index >= 15 is 0 Å². The van der Waals surface area contributed by atoms with E-state index in [1.165, 1.54) is 19.3 Å². The minimum Gasteiger partial charge on any atom is -0.484 e. The number of nitrogens with zero attached hydrogens (tertiary/aromatic N) is 1. The maximum absolute atomic E-state index is 12.1. The molecular weight excluding hydrogens is 316 g/mol. The number of hydrazine groups is 1. The van der Waals surface area contributed by atoms with Crippen LogP contribution in [-0.2, 0) is 4.79 Å². The largest absolute Gasteiger partial charge is 0.484 e. The molecule has 6 nitrogen and oxygen atoms in total. The van der Waals surface area contributed by atoms with Crippen molar-refractivity contribution in [2.24, 2.45) is 5.92 Å². The summed E-state index contributed by atoms with van der Waals surface area (Å²) in [6, 6.07) is 10.4. The van der Waals surface area contributed by atoms with Crippen LogP contribution < -0.4 is 20.9 Å². The Morgan fingerprint density at radius 1 is 1.12 bits per heavy atom. The van der Waals surface area contributed by atoms with Crippen molar-refractivity contribution >= 4 is 5.91 Å². The van der Waals surface area contributed by atoms with Crippen LogP contribution in [0.2, 0.25) is 0 Å². The van der Waals surface area contributed by atoms with Gasteiger partial charge in [-0.25, -0.2) is 5.43 Å². The van der Waals surface area contributed by atoms with Crippen LogP contribution in [0.15, 0.2) is 30.3 Å². The van der Waals surface area contributed by atoms with Crippen LogP contribution in [-0.4, -0.2) is 48.8 Å². The fourth-order valence-corrected chi connectivity index (χ4v) is 3.90. The molecule has 25 heavy (non-hydrogen) atoms. The fourth-order valence-electron chi connectivity index (χ4n) is 3.90. The summed E-state index contributed by atoms with van der Waals surface area (Å²) in [5.74, 6) is 1.59. The summed E-state index contributed by atoms with van der Waals surface area (Å²) < 4.78 is 5.51. The van der Waals surface area contributed by atoms with Gasteiger partial charge in [0.2, 0.25) is 0 Å². The molecule has 0 aromatic heterocycles. The second kappa shape index (κ2) is 7.72. The van der Waals surface area contributed by atoms with E-state index in [0.29, 0.717) is 12.2 Å². The van der Waals surface area contributed by atoms with Crippen LogP contribution in [0.5, 0.6) is 5.75 Å². The molecule has 0 bridgehead atoms. The molecule has 2 heterocycles. The number of para-hydroxylation sites is 1. The summed E-state index contributed by atoms with van der Waals surface area (Å²) in [7, 11) is 0. The van der Waals surface area contributed by atoms with Crippen LogP contribution in [0.25, 0.3) is 0 Å². The maximum atomic E-state index is 12.1. The van der Waals surface area contributed by atoms with E-state index in [1.807, 2.05) is 30.3 Å². The number of hydrogen-bond acceptors (Lipinski definition) is 5. The van der Waals surface area contributed by atoms with Crippen molar-refractivity contribution in [3.63, 3.8) is 0 Å². The molecule has 1 saturated carbocycles. The lowest BCUT2D eigenvalue weighted by Crippen LogP contribution is -2.52. The number of carbonyl (C=O) groups excluding carboxylic acids is 1. The summed E-state index contributed by atoms with van der Waals surface area (Å²) in [5.41, 5.74) is 6.92. The summed E-state index contributed by atoms with van der Waals surface area (Å²) in [6.45, 7) is 2.14. The van der Waals surface area contributed by atoms with Gasteiger partial charge in [0.25, 0.3) is 5.91 Å². The highest BCUT2D eigenvalue weighted by Gasteiger charge is 2.39. The normalized spacial score (nSPS) is 28.0. The van der Waals surface area contributed by atoms with E-state index in [0.717, 1.165) is 37.6 Å². The van der Waals surface area contributed by atoms with Gasteiger partial charge in [0.05, 0.1) is 6.17 Å². The second-order valence-corrected chi connectivity index (χ2v) is 7.46. The average molecular weight is 344 g/mol. The summed E-state index contributed by atoms with van der Waals surface area (Å²) in [5, 5.41) is 3.11. The van der Waals surface area contributed by atoms with E-state index in [9.17, 15) is 4.79 Å². The molecule has 3 N–H and O–H groups in total. The number of amides is 1. The average Bonchev–Trinajstić information content (AvgIpc) is 3.39. The number of carbonyl (C=O) groups is 1. The molecule has 3 aliphatic rings. The zero-order chi connectivity index (χ0) is 17.1. The minimum atomic E-state index is -0.0308. The van der Waals surface area contributed by atoms with Gasteiger partial charge in [-0.05, 0) is 50.2 Å². The fraction of sp³-hybridized carbons (Fsp3) is 0.632. The van der Waals surface area contributed by atoms with Gasteiger partial charge in [-0.2, -0.15) is 0 Å². The molecule has 2 aliphatic heterocycles. The molecule has 1 amide bonds. The number of ether oxygens (including phenoxy) is 1. The molecule has 2 unspecified atom stereocenters. The molecule has 0 spiro atoms. The number of benzene rings is 1. The first kappa shape index (κ1) is 16.8. The Morgan fingerprint density at radius 2 is 1.88 bits per heavy atom. The van der Waals surface area contributed by atoms with Crippen LogP contribution >= 0.6 is 0 Å². The Balaban J connectivity index is 1.15. The van der Waals surface area contributed by atoms with Gasteiger partial charge in [0.15, 0.2) is 6.61 Å². The summed E-state index contributed by atoms with van der Waals surface area (Å²) in [4.78, 5) is 14.6. The van der Waals surface area contributed by atoms with Crippen molar-refractivity contribution in [2.45, 2.75) is 50.4 Å². The monoisotopic (exact) mass is 344 g/mol.